The zero-order valence-corrected chi connectivity index (χ0v) is 11.7. The molecular formula is C9H22N2S3. The second-order valence-electron chi connectivity index (χ2n) is 3.56. The minimum Gasteiger partial charge on any atom is -0.329 e. The first-order valence-corrected chi connectivity index (χ1v) is 6.42. The van der Waals surface area contributed by atoms with Gasteiger partial charge in [-0.1, -0.05) is 19.8 Å². The summed E-state index contributed by atoms with van der Waals surface area (Å²) in [6.45, 7) is 3.58. The van der Waals surface area contributed by atoms with Gasteiger partial charge in [0.1, 0.15) is 4.20 Å². The SMILES string of the molecule is CCCCC(S)C(S)(S)N(C)CCN. The van der Waals surface area contributed by atoms with E-state index >= 15 is 0 Å². The van der Waals surface area contributed by atoms with Crippen molar-refractivity contribution in [1.82, 2.24) is 4.90 Å². The first-order valence-electron chi connectivity index (χ1n) is 5.00. The van der Waals surface area contributed by atoms with Crippen molar-refractivity contribution in [3.05, 3.63) is 0 Å². The molecule has 0 bridgehead atoms. The lowest BCUT2D eigenvalue weighted by Gasteiger charge is -2.37. The van der Waals surface area contributed by atoms with Crippen LogP contribution in [0.5, 0.6) is 0 Å². The highest BCUT2D eigenvalue weighted by Crippen LogP contribution is 2.33. The monoisotopic (exact) mass is 254 g/mol. The van der Waals surface area contributed by atoms with Crippen LogP contribution in [0.15, 0.2) is 0 Å². The van der Waals surface area contributed by atoms with Crippen LogP contribution in [0.2, 0.25) is 0 Å². The van der Waals surface area contributed by atoms with Crippen molar-refractivity contribution in [2.75, 3.05) is 20.1 Å². The van der Waals surface area contributed by atoms with Crippen molar-refractivity contribution < 1.29 is 0 Å². The number of nitrogens with zero attached hydrogens (tertiary/aromatic N) is 1. The standard InChI is InChI=1S/C9H22N2S3/c1-3-4-5-8(12)9(13,14)11(2)7-6-10/h8,12-14H,3-7,10H2,1-2H3. The third-order valence-electron chi connectivity index (χ3n) is 2.30. The lowest BCUT2D eigenvalue weighted by Crippen LogP contribution is -2.46. The minimum atomic E-state index is -0.475. The molecule has 0 radical (unpaired) electrons. The topological polar surface area (TPSA) is 29.3 Å². The van der Waals surface area contributed by atoms with Gasteiger partial charge in [0.2, 0.25) is 0 Å². The number of thiol groups is 3. The predicted molar refractivity (Wildman–Crippen MR) is 74.7 cm³/mol. The van der Waals surface area contributed by atoms with Gasteiger partial charge in [-0.25, -0.2) is 0 Å². The quantitative estimate of drug-likeness (QED) is 0.413. The van der Waals surface area contributed by atoms with Gasteiger partial charge >= 0.3 is 0 Å². The highest BCUT2D eigenvalue weighted by atomic mass is 32.2. The van der Waals surface area contributed by atoms with Crippen LogP contribution in [0.3, 0.4) is 0 Å². The summed E-state index contributed by atoms with van der Waals surface area (Å²) in [4.78, 5) is 2.03. The van der Waals surface area contributed by atoms with Gasteiger partial charge in [-0.3, -0.25) is 4.90 Å². The van der Waals surface area contributed by atoms with Crippen LogP contribution in [0.1, 0.15) is 26.2 Å². The highest BCUT2D eigenvalue weighted by molar-refractivity contribution is 8.02. The predicted octanol–water partition coefficient (Wildman–Crippen LogP) is 1.88. The molecule has 0 fully saturated rings. The average molecular weight is 254 g/mol. The normalized spacial score (nSPS) is 14.8. The van der Waals surface area contributed by atoms with Crippen LogP contribution >= 0.6 is 37.9 Å². The van der Waals surface area contributed by atoms with E-state index in [2.05, 4.69) is 44.8 Å². The van der Waals surface area contributed by atoms with Gasteiger partial charge in [0.05, 0.1) is 0 Å². The van der Waals surface area contributed by atoms with E-state index < -0.39 is 4.20 Å². The van der Waals surface area contributed by atoms with Gasteiger partial charge < -0.3 is 5.73 Å². The molecule has 0 aromatic carbocycles. The number of hydrogen-bond acceptors (Lipinski definition) is 5. The van der Waals surface area contributed by atoms with Crippen LogP contribution < -0.4 is 5.73 Å². The van der Waals surface area contributed by atoms with Crippen molar-refractivity contribution in [2.45, 2.75) is 35.6 Å². The third kappa shape index (κ3) is 4.66. The van der Waals surface area contributed by atoms with Crippen molar-refractivity contribution in [2.24, 2.45) is 5.73 Å². The Morgan fingerprint density at radius 3 is 2.43 bits per heavy atom. The number of unbranched alkanes of at least 4 members (excludes halogenated alkanes) is 1. The Morgan fingerprint density at radius 2 is 2.00 bits per heavy atom. The summed E-state index contributed by atoms with van der Waals surface area (Å²) in [6, 6.07) is 0. The Morgan fingerprint density at radius 1 is 1.43 bits per heavy atom. The number of nitrogens with two attached hydrogens (primary N) is 1. The summed E-state index contributed by atoms with van der Waals surface area (Å²) in [7, 11) is 1.97. The number of likely N-dealkylation sites (N-methyl/N-ethyl adjacent to an activating group) is 1. The van der Waals surface area contributed by atoms with E-state index in [4.69, 9.17) is 5.73 Å². The molecule has 0 amide bonds. The first kappa shape index (κ1) is 15.0. The van der Waals surface area contributed by atoms with Crippen LogP contribution in [0.4, 0.5) is 0 Å². The van der Waals surface area contributed by atoms with Crippen molar-refractivity contribution in [3.63, 3.8) is 0 Å². The molecule has 86 valence electrons. The first-order chi connectivity index (χ1) is 6.46. The molecule has 0 heterocycles. The maximum absolute atomic E-state index is 5.49. The Hall–Kier alpha value is 0.970. The molecule has 2 nitrogen and oxygen atoms in total. The molecular weight excluding hydrogens is 232 g/mol. The lowest BCUT2D eigenvalue weighted by molar-refractivity contribution is 0.289. The fourth-order valence-electron chi connectivity index (χ4n) is 1.20. The van der Waals surface area contributed by atoms with Crippen molar-refractivity contribution in [1.29, 1.82) is 0 Å². The van der Waals surface area contributed by atoms with E-state index in [9.17, 15) is 0 Å². The fourth-order valence-corrected chi connectivity index (χ4v) is 2.04. The van der Waals surface area contributed by atoms with E-state index in [1.807, 2.05) is 11.9 Å². The zero-order chi connectivity index (χ0) is 11.2. The summed E-state index contributed by atoms with van der Waals surface area (Å²) in [5.74, 6) is 0. The smallest absolute Gasteiger partial charge is 0.120 e. The summed E-state index contributed by atoms with van der Waals surface area (Å²) in [5, 5.41) is 0.158. The van der Waals surface area contributed by atoms with Gasteiger partial charge in [0, 0.05) is 18.3 Å². The summed E-state index contributed by atoms with van der Waals surface area (Å²) in [5.41, 5.74) is 5.49. The average Bonchev–Trinajstić information content (AvgIpc) is 2.14. The van der Waals surface area contributed by atoms with E-state index in [0.29, 0.717) is 6.54 Å². The molecule has 0 aliphatic carbocycles. The molecule has 1 atom stereocenters. The van der Waals surface area contributed by atoms with Gasteiger partial charge in [-0.15, -0.1) is 25.3 Å². The van der Waals surface area contributed by atoms with Gasteiger partial charge in [0.25, 0.3) is 0 Å². The van der Waals surface area contributed by atoms with Gasteiger partial charge in [-0.05, 0) is 13.5 Å². The van der Waals surface area contributed by atoms with Gasteiger partial charge in [0.15, 0.2) is 0 Å². The number of hydrogen-bond donors (Lipinski definition) is 4. The molecule has 1 unspecified atom stereocenters. The molecule has 0 spiro atoms. The molecule has 0 aliphatic rings. The van der Waals surface area contributed by atoms with E-state index in [-0.39, 0.29) is 5.25 Å². The van der Waals surface area contributed by atoms with Crippen LogP contribution in [-0.2, 0) is 0 Å². The van der Waals surface area contributed by atoms with Crippen LogP contribution in [-0.4, -0.2) is 34.5 Å². The molecule has 0 saturated carbocycles. The summed E-state index contributed by atoms with van der Waals surface area (Å²) >= 11 is 13.6. The second-order valence-corrected chi connectivity index (χ2v) is 5.90. The summed E-state index contributed by atoms with van der Waals surface area (Å²) in [6.07, 6.45) is 3.37. The largest absolute Gasteiger partial charge is 0.329 e. The Kier molecular flexibility index (Phi) is 7.78. The van der Waals surface area contributed by atoms with Gasteiger partial charge in [-0.2, -0.15) is 12.6 Å². The second kappa shape index (κ2) is 7.28. The maximum Gasteiger partial charge on any atom is 0.120 e. The lowest BCUT2D eigenvalue weighted by atomic mass is 10.2. The minimum absolute atomic E-state index is 0.158. The number of rotatable bonds is 7. The molecule has 5 heteroatoms. The molecule has 0 aromatic heterocycles. The van der Waals surface area contributed by atoms with Crippen LogP contribution in [0.25, 0.3) is 0 Å². The van der Waals surface area contributed by atoms with Crippen molar-refractivity contribution >= 4 is 37.9 Å². The van der Waals surface area contributed by atoms with Crippen molar-refractivity contribution in [3.8, 4) is 0 Å². The molecule has 0 aromatic rings. The fraction of sp³-hybridized carbons (Fsp3) is 1.00. The zero-order valence-electron chi connectivity index (χ0n) is 8.98. The molecule has 0 aliphatic heterocycles. The van der Waals surface area contributed by atoms with Crippen LogP contribution in [0, 0.1) is 0 Å². The maximum atomic E-state index is 5.49. The Labute approximate surface area is 104 Å². The molecule has 14 heavy (non-hydrogen) atoms. The van der Waals surface area contributed by atoms with E-state index in [0.717, 1.165) is 19.4 Å². The van der Waals surface area contributed by atoms with E-state index in [1.54, 1.807) is 0 Å². The molecule has 0 rings (SSSR count). The van der Waals surface area contributed by atoms with E-state index in [1.165, 1.54) is 6.42 Å². The highest BCUT2D eigenvalue weighted by Gasteiger charge is 2.32. The third-order valence-corrected chi connectivity index (χ3v) is 4.65. The Bertz CT molecular complexity index is 153. The Balaban J connectivity index is 4.12. The molecule has 0 saturated heterocycles. The molecule has 2 N–H and O–H groups in total. The summed E-state index contributed by atoms with van der Waals surface area (Å²) < 4.78 is -0.475.